The third kappa shape index (κ3) is 3.31. The number of aryl methyl sites for hydroxylation is 1. The van der Waals surface area contributed by atoms with Crippen molar-refractivity contribution in [3.05, 3.63) is 71.8 Å². The highest BCUT2D eigenvalue weighted by Gasteiger charge is 2.36. The van der Waals surface area contributed by atoms with Gasteiger partial charge < -0.3 is 10.2 Å². The molecule has 3 amide bonds. The molecule has 0 aromatic heterocycles. The molecular weight excluding hydrogens is 366 g/mol. The van der Waals surface area contributed by atoms with E-state index in [0.717, 1.165) is 29.7 Å². The molecule has 148 valence electrons. The Labute approximate surface area is 169 Å². The third-order valence-electron chi connectivity index (χ3n) is 5.57. The summed E-state index contributed by atoms with van der Waals surface area (Å²) in [7, 11) is 0. The van der Waals surface area contributed by atoms with E-state index in [1.807, 2.05) is 36.4 Å². The van der Waals surface area contributed by atoms with Crippen molar-refractivity contribution in [3.63, 3.8) is 0 Å². The highest BCUT2D eigenvalue weighted by molar-refractivity contribution is 6.11. The van der Waals surface area contributed by atoms with Gasteiger partial charge in [0.2, 0.25) is 11.8 Å². The zero-order valence-electron chi connectivity index (χ0n) is 16.4. The van der Waals surface area contributed by atoms with Gasteiger partial charge in [0.25, 0.3) is 5.91 Å². The first-order valence-electron chi connectivity index (χ1n) is 9.77. The van der Waals surface area contributed by atoms with Crippen LogP contribution in [0.1, 0.15) is 34.8 Å². The zero-order valence-corrected chi connectivity index (χ0v) is 16.4. The monoisotopic (exact) mass is 389 g/mol. The van der Waals surface area contributed by atoms with Crippen molar-refractivity contribution in [1.29, 1.82) is 0 Å². The van der Waals surface area contributed by atoms with E-state index in [-0.39, 0.29) is 24.3 Å². The van der Waals surface area contributed by atoms with Gasteiger partial charge in [0.1, 0.15) is 6.04 Å². The third-order valence-corrected chi connectivity index (χ3v) is 5.57. The van der Waals surface area contributed by atoms with Gasteiger partial charge in [0, 0.05) is 29.1 Å². The van der Waals surface area contributed by atoms with E-state index in [1.54, 1.807) is 24.0 Å². The van der Waals surface area contributed by atoms with Crippen molar-refractivity contribution in [2.75, 3.05) is 18.0 Å². The summed E-state index contributed by atoms with van der Waals surface area (Å²) in [4.78, 5) is 41.2. The first-order valence-corrected chi connectivity index (χ1v) is 9.77. The van der Waals surface area contributed by atoms with Gasteiger partial charge in [0.05, 0.1) is 6.54 Å². The number of rotatable bonds is 4. The maximum absolute atomic E-state index is 12.7. The van der Waals surface area contributed by atoms with E-state index in [4.69, 9.17) is 0 Å². The summed E-state index contributed by atoms with van der Waals surface area (Å²) in [6.45, 7) is 6.14. The summed E-state index contributed by atoms with van der Waals surface area (Å²) in [6.07, 6.45) is 1.84. The lowest BCUT2D eigenvalue weighted by atomic mass is 10.0. The van der Waals surface area contributed by atoms with Crippen molar-refractivity contribution in [1.82, 2.24) is 10.2 Å². The number of amides is 3. The van der Waals surface area contributed by atoms with Crippen LogP contribution in [-0.2, 0) is 16.0 Å². The Kier molecular flexibility index (Phi) is 4.92. The van der Waals surface area contributed by atoms with Crippen LogP contribution in [0.5, 0.6) is 0 Å². The predicted molar refractivity (Wildman–Crippen MR) is 111 cm³/mol. The van der Waals surface area contributed by atoms with Crippen LogP contribution < -0.4 is 10.2 Å². The van der Waals surface area contributed by atoms with Gasteiger partial charge in [0.15, 0.2) is 0 Å². The van der Waals surface area contributed by atoms with Crippen LogP contribution in [-0.4, -0.2) is 41.8 Å². The van der Waals surface area contributed by atoms with Crippen molar-refractivity contribution in [2.24, 2.45) is 0 Å². The molecule has 2 heterocycles. The van der Waals surface area contributed by atoms with Gasteiger partial charge in [-0.1, -0.05) is 43.0 Å². The molecule has 2 aromatic rings. The molecule has 0 aliphatic carbocycles. The molecule has 29 heavy (non-hydrogen) atoms. The van der Waals surface area contributed by atoms with Crippen LogP contribution in [0, 0.1) is 0 Å². The van der Waals surface area contributed by atoms with Crippen molar-refractivity contribution in [2.45, 2.75) is 25.8 Å². The van der Waals surface area contributed by atoms with Crippen LogP contribution in [0.4, 0.5) is 5.69 Å². The van der Waals surface area contributed by atoms with E-state index in [2.05, 4.69) is 11.9 Å². The minimum Gasteiger partial charge on any atom is -0.345 e. The Morgan fingerprint density at radius 3 is 2.55 bits per heavy atom. The molecule has 2 aliphatic heterocycles. The first-order chi connectivity index (χ1) is 14.0. The van der Waals surface area contributed by atoms with E-state index in [0.29, 0.717) is 17.8 Å². The maximum Gasteiger partial charge on any atom is 0.259 e. The molecule has 0 unspecified atom stereocenters. The standard InChI is InChI=1S/C23H23N3O3/c1-15-18-10-4-5-11-19(18)23(29)26(15)16(2)22(28)24-14-21(27)25-13-7-9-17-8-3-6-12-20(17)25/h3-6,8,10-12,16H,1,7,9,13-14H2,2H3,(H,24,28)/t16-/m1/s1. The summed E-state index contributed by atoms with van der Waals surface area (Å²) in [6, 6.07) is 14.2. The van der Waals surface area contributed by atoms with Crippen molar-refractivity contribution in [3.8, 4) is 0 Å². The lowest BCUT2D eigenvalue weighted by Gasteiger charge is -2.30. The number of benzene rings is 2. The lowest BCUT2D eigenvalue weighted by Crippen LogP contribution is -2.48. The van der Waals surface area contributed by atoms with Crippen LogP contribution in [0.2, 0.25) is 0 Å². The molecule has 0 fully saturated rings. The summed E-state index contributed by atoms with van der Waals surface area (Å²) < 4.78 is 0. The fraction of sp³-hybridized carbons (Fsp3) is 0.261. The van der Waals surface area contributed by atoms with Gasteiger partial charge in [-0.3, -0.25) is 19.3 Å². The van der Waals surface area contributed by atoms with Crippen LogP contribution in [0.3, 0.4) is 0 Å². The highest BCUT2D eigenvalue weighted by Crippen LogP contribution is 2.33. The van der Waals surface area contributed by atoms with E-state index in [9.17, 15) is 14.4 Å². The smallest absolute Gasteiger partial charge is 0.259 e. The molecule has 1 N–H and O–H groups in total. The molecule has 0 spiro atoms. The Hall–Kier alpha value is -3.41. The highest BCUT2D eigenvalue weighted by atomic mass is 16.2. The fourth-order valence-corrected chi connectivity index (χ4v) is 4.03. The number of fused-ring (bicyclic) bond motifs is 2. The number of anilines is 1. The summed E-state index contributed by atoms with van der Waals surface area (Å²) in [5, 5.41) is 2.69. The van der Waals surface area contributed by atoms with E-state index < -0.39 is 6.04 Å². The zero-order chi connectivity index (χ0) is 20.5. The minimum atomic E-state index is -0.760. The number of para-hydroxylation sites is 1. The average Bonchev–Trinajstić information content (AvgIpc) is 3.01. The van der Waals surface area contributed by atoms with Gasteiger partial charge in [-0.2, -0.15) is 0 Å². The second kappa shape index (κ2) is 7.54. The predicted octanol–water partition coefficient (Wildman–Crippen LogP) is 2.60. The van der Waals surface area contributed by atoms with Gasteiger partial charge in [-0.25, -0.2) is 0 Å². The Balaban J connectivity index is 1.41. The van der Waals surface area contributed by atoms with Gasteiger partial charge in [-0.05, 0) is 37.5 Å². The Morgan fingerprint density at radius 2 is 1.79 bits per heavy atom. The number of hydrogen-bond acceptors (Lipinski definition) is 3. The van der Waals surface area contributed by atoms with E-state index in [1.165, 1.54) is 4.90 Å². The molecule has 4 rings (SSSR count). The molecule has 2 aromatic carbocycles. The average molecular weight is 389 g/mol. The SMILES string of the molecule is C=C1c2ccccc2C(=O)N1[C@H](C)C(=O)NCC(=O)N1CCCc2ccccc21. The molecule has 2 aliphatic rings. The Bertz CT molecular complexity index is 979. The number of carbonyl (C=O) groups excluding carboxylic acids is 3. The Morgan fingerprint density at radius 1 is 1.10 bits per heavy atom. The second-order valence-corrected chi connectivity index (χ2v) is 7.34. The first kappa shape index (κ1) is 18.9. The molecule has 1 atom stereocenters. The lowest BCUT2D eigenvalue weighted by molar-refractivity contribution is -0.127. The van der Waals surface area contributed by atoms with Gasteiger partial charge in [-0.15, -0.1) is 0 Å². The van der Waals surface area contributed by atoms with Crippen molar-refractivity contribution < 1.29 is 14.4 Å². The summed E-state index contributed by atoms with van der Waals surface area (Å²) >= 11 is 0. The van der Waals surface area contributed by atoms with Gasteiger partial charge >= 0.3 is 0 Å². The molecule has 6 nitrogen and oxygen atoms in total. The maximum atomic E-state index is 12.7. The van der Waals surface area contributed by atoms with Crippen molar-refractivity contribution >= 4 is 29.1 Å². The number of hydrogen-bond donors (Lipinski definition) is 1. The van der Waals surface area contributed by atoms with E-state index >= 15 is 0 Å². The summed E-state index contributed by atoms with van der Waals surface area (Å²) in [5.74, 6) is -0.789. The molecule has 0 radical (unpaired) electrons. The topological polar surface area (TPSA) is 69.7 Å². The molecule has 0 saturated carbocycles. The normalized spacial score (nSPS) is 16.3. The fourth-order valence-electron chi connectivity index (χ4n) is 4.03. The quantitative estimate of drug-likeness (QED) is 0.874. The van der Waals surface area contributed by atoms with Crippen LogP contribution in [0.25, 0.3) is 5.70 Å². The minimum absolute atomic E-state index is 0.112. The van der Waals surface area contributed by atoms with Crippen LogP contribution in [0.15, 0.2) is 55.1 Å². The molecule has 0 saturated heterocycles. The molecular formula is C23H23N3O3. The number of nitrogens with one attached hydrogen (secondary N) is 1. The molecule has 0 bridgehead atoms. The number of carbonyl (C=O) groups is 3. The molecule has 6 heteroatoms. The summed E-state index contributed by atoms with van der Waals surface area (Å²) in [5.41, 5.74) is 3.83. The number of nitrogens with zero attached hydrogens (tertiary/aromatic N) is 2. The largest absolute Gasteiger partial charge is 0.345 e. The second-order valence-electron chi connectivity index (χ2n) is 7.34. The van der Waals surface area contributed by atoms with Crippen LogP contribution >= 0.6 is 0 Å².